The van der Waals surface area contributed by atoms with Crippen LogP contribution in [-0.2, 0) is 4.79 Å². The van der Waals surface area contributed by atoms with Gasteiger partial charge in [-0.1, -0.05) is 115 Å². The molecule has 0 spiro atoms. The van der Waals surface area contributed by atoms with Gasteiger partial charge >= 0.3 is 12.0 Å². The first kappa shape index (κ1) is 27.8. The van der Waals surface area contributed by atoms with Crippen LogP contribution >= 0.6 is 0 Å². The second-order valence-corrected chi connectivity index (χ2v) is 9.29. The van der Waals surface area contributed by atoms with E-state index in [0.717, 1.165) is 31.2 Å². The molecule has 0 radical (unpaired) electrons. The minimum Gasteiger partial charge on any atom is -0.490 e. The van der Waals surface area contributed by atoms with Crippen molar-refractivity contribution in [1.29, 1.82) is 0 Å². The first-order valence-electron chi connectivity index (χ1n) is 13.4. The van der Waals surface area contributed by atoms with Crippen molar-refractivity contribution in [3.63, 3.8) is 0 Å². The highest BCUT2D eigenvalue weighted by Crippen LogP contribution is 2.29. The van der Waals surface area contributed by atoms with E-state index in [1.54, 1.807) is 6.20 Å². The van der Waals surface area contributed by atoms with Crippen LogP contribution in [0.1, 0.15) is 104 Å². The predicted molar refractivity (Wildman–Crippen MR) is 139 cm³/mol. The van der Waals surface area contributed by atoms with Crippen molar-refractivity contribution in [2.45, 2.75) is 104 Å². The normalized spacial score (nSPS) is 11.9. The number of hydrogen-bond donors (Lipinski definition) is 0. The fourth-order valence-corrected chi connectivity index (χ4v) is 3.85. The van der Waals surface area contributed by atoms with E-state index in [2.05, 4.69) is 30.7 Å². The third-order valence-corrected chi connectivity index (χ3v) is 6.27. The Balaban J connectivity index is 1.87. The highest BCUT2D eigenvalue weighted by Gasteiger charge is 2.14. The molecule has 5 heteroatoms. The average molecular weight is 469 g/mol. The molecule has 34 heavy (non-hydrogen) atoms. The van der Waals surface area contributed by atoms with Crippen molar-refractivity contribution in [3.05, 3.63) is 36.5 Å². The predicted octanol–water partition coefficient (Wildman–Crippen LogP) is 8.18. The number of benzene rings is 1. The van der Waals surface area contributed by atoms with Gasteiger partial charge in [0.2, 0.25) is 0 Å². The molecular weight excluding hydrogens is 424 g/mol. The molecule has 188 valence electrons. The van der Waals surface area contributed by atoms with Crippen molar-refractivity contribution in [3.8, 4) is 23.0 Å². The highest BCUT2D eigenvalue weighted by molar-refractivity contribution is 5.72. The number of esters is 1. The molecule has 0 aliphatic rings. The topological polar surface area (TPSA) is 61.3 Å². The Kier molecular flexibility index (Phi) is 14.0. The number of ether oxygens (including phenoxy) is 2. The van der Waals surface area contributed by atoms with Crippen LogP contribution in [-0.4, -0.2) is 22.5 Å². The molecule has 2 rings (SSSR count). The zero-order valence-electron chi connectivity index (χ0n) is 21.6. The van der Waals surface area contributed by atoms with E-state index in [1.807, 2.05) is 30.3 Å². The number of carbonyl (C=O) groups is 1. The van der Waals surface area contributed by atoms with Gasteiger partial charge in [0, 0.05) is 12.0 Å². The van der Waals surface area contributed by atoms with Crippen LogP contribution in [0.3, 0.4) is 0 Å². The lowest BCUT2D eigenvalue weighted by molar-refractivity contribution is -0.135. The van der Waals surface area contributed by atoms with Gasteiger partial charge in [-0.25, -0.2) is 0 Å². The van der Waals surface area contributed by atoms with Gasteiger partial charge in [-0.3, -0.25) is 4.79 Å². The fourth-order valence-electron chi connectivity index (χ4n) is 3.85. The number of carbonyl (C=O) groups excluding carboxylic acids is 1. The van der Waals surface area contributed by atoms with E-state index < -0.39 is 0 Å². The van der Waals surface area contributed by atoms with Crippen LogP contribution in [0.15, 0.2) is 36.5 Å². The number of aromatic nitrogens is 2. The highest BCUT2D eigenvalue weighted by atomic mass is 16.5. The quantitative estimate of drug-likeness (QED) is 0.163. The second kappa shape index (κ2) is 17.1. The third-order valence-electron chi connectivity index (χ3n) is 6.27. The molecule has 2 aromatic rings. The van der Waals surface area contributed by atoms with E-state index >= 15 is 0 Å². The Morgan fingerprint density at radius 1 is 0.912 bits per heavy atom. The molecule has 1 unspecified atom stereocenters. The van der Waals surface area contributed by atoms with Gasteiger partial charge in [-0.2, -0.15) is 9.97 Å². The van der Waals surface area contributed by atoms with Crippen molar-refractivity contribution in [1.82, 2.24) is 9.97 Å². The van der Waals surface area contributed by atoms with Crippen LogP contribution < -0.4 is 9.47 Å². The summed E-state index contributed by atoms with van der Waals surface area (Å²) in [5, 5.41) is 0. The monoisotopic (exact) mass is 468 g/mol. The molecule has 1 aromatic heterocycles. The summed E-state index contributed by atoms with van der Waals surface area (Å²) in [7, 11) is 0. The maximum atomic E-state index is 12.3. The molecule has 0 bridgehead atoms. The maximum Gasteiger partial charge on any atom is 0.325 e. The molecule has 0 saturated heterocycles. The Bertz CT molecular complexity index is 810. The Hall–Kier alpha value is -2.43. The lowest BCUT2D eigenvalue weighted by Crippen LogP contribution is -2.11. The van der Waals surface area contributed by atoms with E-state index in [9.17, 15) is 4.79 Å². The van der Waals surface area contributed by atoms with Crippen LogP contribution in [0.5, 0.6) is 11.8 Å². The zero-order valence-corrected chi connectivity index (χ0v) is 21.6. The molecule has 0 fully saturated rings. The summed E-state index contributed by atoms with van der Waals surface area (Å²) in [5.41, 5.74) is 1.58. The molecule has 1 aromatic carbocycles. The Labute approximate surface area is 206 Å². The molecule has 0 amide bonds. The molecule has 1 heterocycles. The molecule has 0 aliphatic heterocycles. The third kappa shape index (κ3) is 11.1. The Morgan fingerprint density at radius 2 is 1.62 bits per heavy atom. The van der Waals surface area contributed by atoms with Crippen LogP contribution in [0.25, 0.3) is 11.3 Å². The smallest absolute Gasteiger partial charge is 0.325 e. The van der Waals surface area contributed by atoms with Crippen molar-refractivity contribution < 1.29 is 14.3 Å². The molecule has 0 N–H and O–H groups in total. The lowest BCUT2D eigenvalue weighted by Gasteiger charge is -2.12. The van der Waals surface area contributed by atoms with Crippen LogP contribution in [0.4, 0.5) is 0 Å². The summed E-state index contributed by atoms with van der Waals surface area (Å²) in [6, 6.07) is 9.93. The van der Waals surface area contributed by atoms with Gasteiger partial charge in [0.25, 0.3) is 0 Å². The minimum atomic E-state index is -0.282. The largest absolute Gasteiger partial charge is 0.490 e. The number of hydrogen-bond acceptors (Lipinski definition) is 5. The lowest BCUT2D eigenvalue weighted by atomic mass is 10.0. The van der Waals surface area contributed by atoms with E-state index in [1.165, 1.54) is 51.4 Å². The summed E-state index contributed by atoms with van der Waals surface area (Å²) in [5.74, 6) is 1.05. The van der Waals surface area contributed by atoms with E-state index in [0.29, 0.717) is 30.4 Å². The van der Waals surface area contributed by atoms with E-state index in [-0.39, 0.29) is 12.0 Å². The van der Waals surface area contributed by atoms with Crippen molar-refractivity contribution in [2.75, 3.05) is 6.61 Å². The summed E-state index contributed by atoms with van der Waals surface area (Å²) in [6.45, 7) is 7.32. The molecular formula is C29H44N2O3. The first-order chi connectivity index (χ1) is 16.6. The van der Waals surface area contributed by atoms with Gasteiger partial charge in [-0.15, -0.1) is 0 Å². The van der Waals surface area contributed by atoms with Gasteiger partial charge in [0.15, 0.2) is 5.75 Å². The Morgan fingerprint density at radius 3 is 2.32 bits per heavy atom. The number of unbranched alkanes of at least 4 members (excludes halogenated alkanes) is 8. The number of nitrogens with zero attached hydrogens (tertiary/aromatic N) is 2. The molecule has 0 saturated carbocycles. The average Bonchev–Trinajstić information content (AvgIpc) is 2.86. The number of rotatable bonds is 18. The second-order valence-electron chi connectivity index (χ2n) is 9.29. The molecule has 5 nitrogen and oxygen atoms in total. The summed E-state index contributed by atoms with van der Waals surface area (Å²) in [6.07, 6.45) is 16.2. The van der Waals surface area contributed by atoms with Gasteiger partial charge in [-0.05, 0) is 18.8 Å². The van der Waals surface area contributed by atoms with Crippen molar-refractivity contribution in [2.24, 2.45) is 5.92 Å². The standard InChI is InChI=1S/C29H44N2O3/c1-4-6-7-8-9-10-11-17-22-33-26-23-30-29(31-28(26)25-19-13-12-14-20-25)34-27(32)21-16-15-18-24(3)5-2/h12-14,19-20,23-24H,4-11,15-18,21-22H2,1-3H3. The summed E-state index contributed by atoms with van der Waals surface area (Å²) in [4.78, 5) is 21.1. The van der Waals surface area contributed by atoms with Crippen LogP contribution in [0.2, 0.25) is 0 Å². The molecule has 1 atom stereocenters. The minimum absolute atomic E-state index is 0.0882. The van der Waals surface area contributed by atoms with Gasteiger partial charge in [0.1, 0.15) is 5.69 Å². The molecule has 0 aliphatic carbocycles. The first-order valence-corrected chi connectivity index (χ1v) is 13.4. The summed E-state index contributed by atoms with van der Waals surface area (Å²) < 4.78 is 11.5. The SMILES string of the molecule is CCCCCCCCCCOc1cnc(OC(=O)CCCCC(C)CC)nc1-c1ccccc1. The maximum absolute atomic E-state index is 12.3. The van der Waals surface area contributed by atoms with Crippen LogP contribution in [0, 0.1) is 5.92 Å². The van der Waals surface area contributed by atoms with Gasteiger partial charge < -0.3 is 9.47 Å². The van der Waals surface area contributed by atoms with E-state index in [4.69, 9.17) is 9.47 Å². The summed E-state index contributed by atoms with van der Waals surface area (Å²) >= 11 is 0. The zero-order chi connectivity index (χ0) is 24.4. The van der Waals surface area contributed by atoms with Gasteiger partial charge in [0.05, 0.1) is 12.8 Å². The van der Waals surface area contributed by atoms with Crippen molar-refractivity contribution >= 4 is 5.97 Å². The fraction of sp³-hybridized carbons (Fsp3) is 0.621.